The third kappa shape index (κ3) is 4.61. The summed E-state index contributed by atoms with van der Waals surface area (Å²) in [6.45, 7) is 0. The van der Waals surface area contributed by atoms with Crippen molar-refractivity contribution in [1.82, 2.24) is 0 Å². The topological polar surface area (TPSA) is 18.5 Å². The van der Waals surface area contributed by atoms with Crippen molar-refractivity contribution >= 4 is 7.12 Å². The summed E-state index contributed by atoms with van der Waals surface area (Å²) in [6.07, 6.45) is 17.4. The molecule has 3 heteroatoms. The third-order valence-corrected chi connectivity index (χ3v) is 6.62. The van der Waals surface area contributed by atoms with E-state index in [1.807, 2.05) is 0 Å². The van der Waals surface area contributed by atoms with E-state index >= 15 is 0 Å². The Morgan fingerprint density at radius 2 is 1.31 bits per heavy atom. The van der Waals surface area contributed by atoms with E-state index in [1.165, 1.54) is 69.8 Å². The zero-order valence-electron chi connectivity index (χ0n) is 16.0. The molecule has 1 aromatic rings. The zero-order chi connectivity index (χ0) is 17.6. The molecule has 1 saturated heterocycles. The van der Waals surface area contributed by atoms with Crippen LogP contribution in [0.25, 0.3) is 0 Å². The maximum absolute atomic E-state index is 6.50. The molecule has 2 nitrogen and oxygen atoms in total. The monoisotopic (exact) mass is 352 g/mol. The highest BCUT2D eigenvalue weighted by Crippen LogP contribution is 2.40. The summed E-state index contributed by atoms with van der Waals surface area (Å²) in [7, 11) is -0.141. The Balaban J connectivity index is 1.40. The van der Waals surface area contributed by atoms with Crippen molar-refractivity contribution in [2.24, 2.45) is 11.8 Å². The minimum Gasteiger partial charge on any atom is -0.402 e. The molecule has 1 heterocycles. The predicted molar refractivity (Wildman–Crippen MR) is 108 cm³/mol. The largest absolute Gasteiger partial charge is 0.486 e. The van der Waals surface area contributed by atoms with E-state index in [4.69, 9.17) is 9.31 Å². The van der Waals surface area contributed by atoms with Gasteiger partial charge in [0.1, 0.15) is 0 Å². The number of hydrogen-bond donors (Lipinski definition) is 0. The van der Waals surface area contributed by atoms with Gasteiger partial charge in [0.2, 0.25) is 0 Å². The van der Waals surface area contributed by atoms with E-state index in [-0.39, 0.29) is 7.12 Å². The van der Waals surface area contributed by atoms with E-state index in [0.717, 1.165) is 6.42 Å². The lowest BCUT2D eigenvalue weighted by Gasteiger charge is -2.35. The summed E-state index contributed by atoms with van der Waals surface area (Å²) in [5.41, 5.74) is 1.34. The van der Waals surface area contributed by atoms with Gasteiger partial charge in [-0.15, -0.1) is 0 Å². The highest BCUT2D eigenvalue weighted by atomic mass is 16.7. The molecule has 0 aromatic heterocycles. The van der Waals surface area contributed by atoms with Crippen molar-refractivity contribution in [3.05, 3.63) is 47.9 Å². The molecule has 4 rings (SSSR count). The fraction of sp³-hybridized carbons (Fsp3) is 0.652. The van der Waals surface area contributed by atoms with Crippen molar-refractivity contribution in [1.29, 1.82) is 0 Å². The minimum atomic E-state index is -0.141. The molecule has 0 N–H and O–H groups in total. The van der Waals surface area contributed by atoms with E-state index in [2.05, 4.69) is 42.4 Å². The Kier molecular flexibility index (Phi) is 6.51. The molecule has 140 valence electrons. The average Bonchev–Trinajstić information content (AvgIpc) is 3.14. The molecule has 0 bridgehead atoms. The molecule has 1 aliphatic heterocycles. The molecule has 0 unspecified atom stereocenters. The van der Waals surface area contributed by atoms with Crippen molar-refractivity contribution in [3.63, 3.8) is 0 Å². The quantitative estimate of drug-likeness (QED) is 0.628. The van der Waals surface area contributed by atoms with Crippen molar-refractivity contribution in [2.45, 2.75) is 82.8 Å². The molecule has 1 aromatic carbocycles. The lowest BCUT2D eigenvalue weighted by Crippen LogP contribution is -2.38. The van der Waals surface area contributed by atoms with Crippen LogP contribution in [0.4, 0.5) is 0 Å². The van der Waals surface area contributed by atoms with Gasteiger partial charge in [-0.1, -0.05) is 80.9 Å². The van der Waals surface area contributed by atoms with Gasteiger partial charge in [0.05, 0.1) is 12.2 Å². The van der Waals surface area contributed by atoms with Gasteiger partial charge in [-0.05, 0) is 49.5 Å². The molecule has 2 aliphatic carbocycles. The van der Waals surface area contributed by atoms with Gasteiger partial charge in [-0.3, -0.25) is 0 Å². The molecule has 2 atom stereocenters. The Morgan fingerprint density at radius 1 is 0.769 bits per heavy atom. The Labute approximate surface area is 159 Å². The first-order valence-corrected chi connectivity index (χ1v) is 10.9. The first-order chi connectivity index (χ1) is 12.9. The van der Waals surface area contributed by atoms with Gasteiger partial charge in [0, 0.05) is 0 Å². The lowest BCUT2D eigenvalue weighted by atomic mass is 9.77. The normalized spacial score (nSPS) is 28.8. The van der Waals surface area contributed by atoms with Gasteiger partial charge in [-0.25, -0.2) is 0 Å². The Hall–Kier alpha value is -1.06. The molecular formula is C23H33BO2. The van der Waals surface area contributed by atoms with E-state index in [0.29, 0.717) is 24.0 Å². The maximum Gasteiger partial charge on any atom is 0.486 e. The predicted octanol–water partition coefficient (Wildman–Crippen LogP) is 5.76. The average molecular weight is 352 g/mol. The second-order valence-electron chi connectivity index (χ2n) is 8.48. The van der Waals surface area contributed by atoms with E-state index in [9.17, 15) is 0 Å². The summed E-state index contributed by atoms with van der Waals surface area (Å²) in [4.78, 5) is 0. The SMILES string of the molecule is C(=C\B1O[C@H](C2CCCCC2)[C@@H](C2CCCCC2)O1)/Cc1ccccc1. The van der Waals surface area contributed by atoms with Crippen LogP contribution in [0.1, 0.15) is 69.8 Å². The van der Waals surface area contributed by atoms with Gasteiger partial charge < -0.3 is 9.31 Å². The van der Waals surface area contributed by atoms with Crippen LogP contribution in [-0.4, -0.2) is 19.3 Å². The summed E-state index contributed by atoms with van der Waals surface area (Å²) in [5, 5.41) is 0. The summed E-state index contributed by atoms with van der Waals surface area (Å²) in [6, 6.07) is 10.6. The Bertz CT molecular complexity index is 535. The molecule has 2 saturated carbocycles. The second kappa shape index (κ2) is 9.24. The van der Waals surface area contributed by atoms with Gasteiger partial charge in [0.15, 0.2) is 0 Å². The summed E-state index contributed by atoms with van der Waals surface area (Å²) >= 11 is 0. The second-order valence-corrected chi connectivity index (χ2v) is 8.48. The summed E-state index contributed by atoms with van der Waals surface area (Å²) < 4.78 is 13.0. The van der Waals surface area contributed by atoms with Gasteiger partial charge in [-0.2, -0.15) is 0 Å². The van der Waals surface area contributed by atoms with Crippen LogP contribution in [0.15, 0.2) is 42.4 Å². The molecule has 26 heavy (non-hydrogen) atoms. The lowest BCUT2D eigenvalue weighted by molar-refractivity contribution is 0.0324. The molecular weight excluding hydrogens is 319 g/mol. The fourth-order valence-corrected chi connectivity index (χ4v) is 5.20. The highest BCUT2D eigenvalue weighted by molar-refractivity contribution is 6.51. The number of hydrogen-bond acceptors (Lipinski definition) is 2. The highest BCUT2D eigenvalue weighted by Gasteiger charge is 2.45. The molecule has 0 spiro atoms. The van der Waals surface area contributed by atoms with Crippen LogP contribution in [-0.2, 0) is 15.7 Å². The number of allylic oxidation sites excluding steroid dienone is 1. The molecule has 0 amide bonds. The fourth-order valence-electron chi connectivity index (χ4n) is 5.20. The summed E-state index contributed by atoms with van der Waals surface area (Å²) in [5.74, 6) is 3.58. The van der Waals surface area contributed by atoms with Crippen LogP contribution in [0.2, 0.25) is 0 Å². The van der Waals surface area contributed by atoms with Crippen LogP contribution < -0.4 is 0 Å². The molecule has 0 radical (unpaired) electrons. The zero-order valence-corrected chi connectivity index (χ0v) is 16.0. The first-order valence-electron chi connectivity index (χ1n) is 10.9. The standard InChI is InChI=1S/C23H33BO2/c1-4-11-19(12-5-1)13-10-18-24-25-22(20-14-6-2-7-15-20)23(26-24)21-16-8-3-9-17-21/h1,4-5,10-12,18,20-23H,2-3,6-9,13-17H2/b18-10+/t22-,23-/m1/s1. The number of rotatable bonds is 5. The number of benzene rings is 1. The Morgan fingerprint density at radius 3 is 1.85 bits per heavy atom. The third-order valence-electron chi connectivity index (χ3n) is 6.62. The van der Waals surface area contributed by atoms with Crippen LogP contribution in [0.5, 0.6) is 0 Å². The van der Waals surface area contributed by atoms with Gasteiger partial charge >= 0.3 is 7.12 Å². The molecule has 3 aliphatic rings. The van der Waals surface area contributed by atoms with Gasteiger partial charge in [0.25, 0.3) is 0 Å². The minimum absolute atomic E-state index is 0.141. The molecule has 3 fully saturated rings. The van der Waals surface area contributed by atoms with E-state index in [1.54, 1.807) is 0 Å². The smallest absolute Gasteiger partial charge is 0.402 e. The van der Waals surface area contributed by atoms with Crippen LogP contribution >= 0.6 is 0 Å². The first kappa shape index (κ1) is 18.3. The van der Waals surface area contributed by atoms with Crippen molar-refractivity contribution in [2.75, 3.05) is 0 Å². The maximum atomic E-state index is 6.50. The van der Waals surface area contributed by atoms with Crippen molar-refractivity contribution in [3.8, 4) is 0 Å². The van der Waals surface area contributed by atoms with Crippen molar-refractivity contribution < 1.29 is 9.31 Å². The van der Waals surface area contributed by atoms with E-state index < -0.39 is 0 Å². The van der Waals surface area contributed by atoms with Crippen LogP contribution in [0, 0.1) is 11.8 Å². The van der Waals surface area contributed by atoms with Crippen LogP contribution in [0.3, 0.4) is 0 Å².